The SMILES string of the molecule is CC(C)N(CCOP(C)OC1CCCC1)C(C)C. The Morgan fingerprint density at radius 2 is 1.67 bits per heavy atom. The summed E-state index contributed by atoms with van der Waals surface area (Å²) >= 11 is 0. The van der Waals surface area contributed by atoms with Crippen LogP contribution in [-0.4, -0.2) is 42.9 Å². The number of rotatable bonds is 8. The molecule has 1 saturated carbocycles. The summed E-state index contributed by atoms with van der Waals surface area (Å²) in [5, 5.41) is 0. The lowest BCUT2D eigenvalue weighted by molar-refractivity contribution is 0.130. The molecule has 1 aliphatic carbocycles. The Hall–Kier alpha value is 0.310. The van der Waals surface area contributed by atoms with Gasteiger partial charge >= 0.3 is 0 Å². The van der Waals surface area contributed by atoms with E-state index in [1.54, 1.807) is 0 Å². The summed E-state index contributed by atoms with van der Waals surface area (Å²) in [7, 11) is -0.687. The lowest BCUT2D eigenvalue weighted by Gasteiger charge is -2.30. The van der Waals surface area contributed by atoms with Crippen molar-refractivity contribution in [3.05, 3.63) is 0 Å². The normalized spacial score (nSPS) is 19.3. The van der Waals surface area contributed by atoms with Crippen LogP contribution in [0.5, 0.6) is 0 Å². The molecular formula is C14H30NO2P. The van der Waals surface area contributed by atoms with Gasteiger partial charge in [0.25, 0.3) is 0 Å². The van der Waals surface area contributed by atoms with Crippen molar-refractivity contribution in [3.63, 3.8) is 0 Å². The molecule has 4 heteroatoms. The van der Waals surface area contributed by atoms with E-state index in [2.05, 4.69) is 39.3 Å². The molecule has 0 spiro atoms. The van der Waals surface area contributed by atoms with Crippen molar-refractivity contribution < 1.29 is 9.05 Å². The predicted molar refractivity (Wildman–Crippen MR) is 79.1 cm³/mol. The molecule has 1 atom stereocenters. The zero-order valence-corrected chi connectivity index (χ0v) is 13.6. The van der Waals surface area contributed by atoms with Gasteiger partial charge in [0.15, 0.2) is 8.38 Å². The highest BCUT2D eigenvalue weighted by Gasteiger charge is 2.19. The molecule has 1 aliphatic rings. The predicted octanol–water partition coefficient (Wildman–Crippen LogP) is 4.02. The Morgan fingerprint density at radius 1 is 1.11 bits per heavy atom. The van der Waals surface area contributed by atoms with Crippen LogP contribution in [0, 0.1) is 0 Å². The van der Waals surface area contributed by atoms with Crippen LogP contribution in [0.15, 0.2) is 0 Å². The van der Waals surface area contributed by atoms with Crippen LogP contribution in [-0.2, 0) is 9.05 Å². The topological polar surface area (TPSA) is 21.7 Å². The maximum absolute atomic E-state index is 5.94. The molecule has 1 fully saturated rings. The van der Waals surface area contributed by atoms with Gasteiger partial charge in [0, 0.05) is 25.3 Å². The van der Waals surface area contributed by atoms with Crippen molar-refractivity contribution in [2.75, 3.05) is 19.8 Å². The van der Waals surface area contributed by atoms with E-state index in [1.807, 2.05) is 0 Å². The van der Waals surface area contributed by atoms with Gasteiger partial charge in [-0.1, -0.05) is 12.8 Å². The summed E-state index contributed by atoms with van der Waals surface area (Å²) in [5.74, 6) is 0. The highest BCUT2D eigenvalue weighted by atomic mass is 31.2. The van der Waals surface area contributed by atoms with E-state index in [4.69, 9.17) is 9.05 Å². The van der Waals surface area contributed by atoms with E-state index < -0.39 is 8.38 Å². The molecule has 0 amide bonds. The third kappa shape index (κ3) is 5.97. The van der Waals surface area contributed by atoms with Gasteiger partial charge in [-0.15, -0.1) is 0 Å². The molecule has 18 heavy (non-hydrogen) atoms. The lowest BCUT2D eigenvalue weighted by Crippen LogP contribution is -2.39. The second kappa shape index (κ2) is 8.47. The van der Waals surface area contributed by atoms with E-state index >= 15 is 0 Å². The first-order valence-electron chi connectivity index (χ1n) is 7.30. The molecule has 3 nitrogen and oxygen atoms in total. The van der Waals surface area contributed by atoms with Crippen LogP contribution < -0.4 is 0 Å². The average molecular weight is 275 g/mol. The average Bonchev–Trinajstić information content (AvgIpc) is 2.75. The Kier molecular flexibility index (Phi) is 7.70. The van der Waals surface area contributed by atoms with Gasteiger partial charge in [0.05, 0.1) is 12.7 Å². The third-order valence-electron chi connectivity index (χ3n) is 3.55. The lowest BCUT2D eigenvalue weighted by atomic mass is 10.2. The molecule has 0 N–H and O–H groups in total. The van der Waals surface area contributed by atoms with E-state index in [0.717, 1.165) is 13.2 Å². The maximum atomic E-state index is 5.94. The van der Waals surface area contributed by atoms with Crippen LogP contribution in [0.3, 0.4) is 0 Å². The zero-order valence-electron chi connectivity index (χ0n) is 12.7. The molecule has 0 aromatic rings. The van der Waals surface area contributed by atoms with Crippen molar-refractivity contribution in [2.45, 2.75) is 71.6 Å². The van der Waals surface area contributed by atoms with Gasteiger partial charge in [-0.3, -0.25) is 4.90 Å². The number of hydrogen-bond donors (Lipinski definition) is 0. The zero-order chi connectivity index (χ0) is 13.5. The molecule has 0 radical (unpaired) electrons. The minimum atomic E-state index is -0.687. The molecule has 0 aromatic heterocycles. The summed E-state index contributed by atoms with van der Waals surface area (Å²) in [6.07, 6.45) is 5.55. The van der Waals surface area contributed by atoms with Gasteiger partial charge in [0.1, 0.15) is 0 Å². The second-order valence-electron chi connectivity index (χ2n) is 5.71. The molecule has 0 aromatic carbocycles. The fourth-order valence-electron chi connectivity index (χ4n) is 2.62. The van der Waals surface area contributed by atoms with E-state index in [9.17, 15) is 0 Å². The highest BCUT2D eigenvalue weighted by molar-refractivity contribution is 7.46. The summed E-state index contributed by atoms with van der Waals surface area (Å²) in [6.45, 7) is 12.8. The Morgan fingerprint density at radius 3 is 2.17 bits per heavy atom. The van der Waals surface area contributed by atoms with Gasteiger partial charge in [-0.25, -0.2) is 0 Å². The standard InChI is InChI=1S/C14H30NO2P/c1-12(2)15(13(3)4)10-11-16-18(5)17-14-8-6-7-9-14/h12-14H,6-11H2,1-5H3. The van der Waals surface area contributed by atoms with Crippen LogP contribution in [0.4, 0.5) is 0 Å². The van der Waals surface area contributed by atoms with Gasteiger partial charge < -0.3 is 9.05 Å². The summed E-state index contributed by atoms with van der Waals surface area (Å²) in [6, 6.07) is 1.15. The Bertz CT molecular complexity index is 210. The highest BCUT2D eigenvalue weighted by Crippen LogP contribution is 2.39. The van der Waals surface area contributed by atoms with Gasteiger partial charge in [-0.2, -0.15) is 0 Å². The van der Waals surface area contributed by atoms with Crippen LogP contribution >= 0.6 is 8.38 Å². The fourth-order valence-corrected chi connectivity index (χ4v) is 3.65. The largest absolute Gasteiger partial charge is 0.333 e. The summed E-state index contributed by atoms with van der Waals surface area (Å²) in [5.41, 5.74) is 0. The Labute approximate surface area is 114 Å². The molecule has 0 bridgehead atoms. The second-order valence-corrected chi connectivity index (χ2v) is 7.06. The van der Waals surface area contributed by atoms with Crippen molar-refractivity contribution in [3.8, 4) is 0 Å². The monoisotopic (exact) mass is 275 g/mol. The smallest absolute Gasteiger partial charge is 0.167 e. The van der Waals surface area contributed by atoms with Crippen molar-refractivity contribution in [1.29, 1.82) is 0 Å². The van der Waals surface area contributed by atoms with Gasteiger partial charge in [0.2, 0.25) is 0 Å². The Balaban J connectivity index is 2.15. The first-order valence-corrected chi connectivity index (χ1v) is 8.92. The molecule has 108 valence electrons. The van der Waals surface area contributed by atoms with Crippen molar-refractivity contribution in [1.82, 2.24) is 4.90 Å². The summed E-state index contributed by atoms with van der Waals surface area (Å²) in [4.78, 5) is 2.46. The van der Waals surface area contributed by atoms with Gasteiger partial charge in [-0.05, 0) is 40.5 Å². The van der Waals surface area contributed by atoms with E-state index in [-0.39, 0.29) is 0 Å². The third-order valence-corrected chi connectivity index (χ3v) is 4.69. The fraction of sp³-hybridized carbons (Fsp3) is 1.00. The molecule has 0 aliphatic heterocycles. The molecule has 0 heterocycles. The first-order chi connectivity index (χ1) is 8.50. The first kappa shape index (κ1) is 16.4. The number of nitrogens with zero attached hydrogens (tertiary/aromatic N) is 1. The van der Waals surface area contributed by atoms with E-state index in [1.165, 1.54) is 25.7 Å². The summed E-state index contributed by atoms with van der Waals surface area (Å²) < 4.78 is 11.8. The minimum Gasteiger partial charge on any atom is -0.333 e. The van der Waals surface area contributed by atoms with E-state index in [0.29, 0.717) is 18.2 Å². The quantitative estimate of drug-likeness (QED) is 0.624. The van der Waals surface area contributed by atoms with Crippen molar-refractivity contribution in [2.24, 2.45) is 0 Å². The maximum Gasteiger partial charge on any atom is 0.167 e. The molecule has 1 unspecified atom stereocenters. The minimum absolute atomic E-state index is 0.465. The number of hydrogen-bond acceptors (Lipinski definition) is 3. The molecule has 0 saturated heterocycles. The molecule has 1 rings (SSSR count). The van der Waals surface area contributed by atoms with Crippen LogP contribution in [0.2, 0.25) is 0 Å². The van der Waals surface area contributed by atoms with Crippen LogP contribution in [0.25, 0.3) is 0 Å². The van der Waals surface area contributed by atoms with Crippen molar-refractivity contribution >= 4 is 8.38 Å². The molecular weight excluding hydrogens is 245 g/mol. The van der Waals surface area contributed by atoms with Crippen LogP contribution in [0.1, 0.15) is 53.4 Å².